The van der Waals surface area contributed by atoms with Gasteiger partial charge in [-0.05, 0) is 158 Å². The van der Waals surface area contributed by atoms with Crippen molar-refractivity contribution in [3.8, 4) is 29.0 Å². The second kappa shape index (κ2) is 49.6. The maximum absolute atomic E-state index is 12.5. The van der Waals surface area contributed by atoms with Crippen LogP contribution in [0, 0.1) is 5.92 Å². The molecule has 1 N–H and O–H groups in total. The topological polar surface area (TPSA) is 440 Å². The van der Waals surface area contributed by atoms with Gasteiger partial charge in [0.15, 0.2) is 65.7 Å². The van der Waals surface area contributed by atoms with Crippen LogP contribution in [-0.4, -0.2) is 215 Å². The fourth-order valence-electron chi connectivity index (χ4n) is 10.4. The van der Waals surface area contributed by atoms with E-state index in [-0.39, 0.29) is 192 Å². The Balaban J connectivity index is 0.000000286. The van der Waals surface area contributed by atoms with Crippen LogP contribution in [-0.2, 0) is 90.6 Å². The lowest BCUT2D eigenvalue weighted by Crippen LogP contribution is -2.41. The minimum absolute atomic E-state index is 0. The smallest absolute Gasteiger partial charge is 0.465 e. The zero-order valence-electron chi connectivity index (χ0n) is 69.2. The summed E-state index contributed by atoms with van der Waals surface area (Å²) in [6.45, 7) is 26.2. The van der Waals surface area contributed by atoms with Crippen molar-refractivity contribution in [2.24, 2.45) is 31.3 Å². The number of nitrogens with one attached hydrogen (secondary N) is 1. The molecule has 6 aliphatic rings. The molecule has 0 saturated carbocycles. The molecule has 0 aliphatic carbocycles. The lowest BCUT2D eigenvalue weighted by Gasteiger charge is -2.32. The molecule has 8 heterocycles. The normalized spacial score (nSPS) is 15.7. The van der Waals surface area contributed by atoms with Crippen LogP contribution in [0.2, 0.25) is 40.4 Å². The number of hydrazone groups is 4. The molecule has 6 aliphatic heterocycles. The molecule has 3 aromatic carbocycles. The summed E-state index contributed by atoms with van der Waals surface area (Å²) in [5, 5.41) is 35.2. The summed E-state index contributed by atoms with van der Waals surface area (Å²) in [5.74, 6) is -4.66. The van der Waals surface area contributed by atoms with E-state index in [4.69, 9.17) is 126 Å². The molecule has 47 heteroatoms. The number of hydrogen-bond donors (Lipinski definition) is 1. The van der Waals surface area contributed by atoms with Gasteiger partial charge in [0, 0.05) is 34.9 Å². The van der Waals surface area contributed by atoms with E-state index in [1.807, 2.05) is 69.2 Å². The van der Waals surface area contributed by atoms with Crippen LogP contribution < -0.4 is 25.1 Å². The van der Waals surface area contributed by atoms with E-state index in [9.17, 15) is 62.3 Å². The van der Waals surface area contributed by atoms with Gasteiger partial charge in [0.1, 0.15) is 42.9 Å². The number of Topliss-reactive ketones (excluding diaryl/α,β-unsaturated/α-hetero) is 5. The first kappa shape index (κ1) is 108. The average molecular weight is 2100 g/mol. The molecule has 35 nitrogen and oxygen atoms in total. The number of amides is 4. The summed E-state index contributed by atoms with van der Waals surface area (Å²) >= 11 is 59.2. The van der Waals surface area contributed by atoms with E-state index in [2.05, 4.69) is 108 Å². The Morgan fingerprint density at radius 2 is 0.833 bits per heavy atom. The molecule has 11 rings (SSSR count). The molecule has 678 valence electrons. The van der Waals surface area contributed by atoms with Crippen LogP contribution in [0.3, 0.4) is 0 Å². The van der Waals surface area contributed by atoms with Crippen LogP contribution in [0.1, 0.15) is 164 Å². The predicted octanol–water partition coefficient (Wildman–Crippen LogP) is 14.5. The predicted molar refractivity (Wildman–Crippen MR) is 483 cm³/mol. The summed E-state index contributed by atoms with van der Waals surface area (Å²) in [7, 11) is -0.572. The quantitative estimate of drug-likeness (QED) is 0.0221. The number of ether oxygens (including phenoxy) is 7. The lowest BCUT2D eigenvalue weighted by atomic mass is 9.79. The number of benzene rings is 3. The van der Waals surface area contributed by atoms with Crippen molar-refractivity contribution < 1.29 is 105 Å². The van der Waals surface area contributed by atoms with Gasteiger partial charge in [0.05, 0.1) is 93.4 Å². The molecule has 1 fully saturated rings. The number of carbonyl (C=O) groups is 13. The molecule has 5 aromatic rings. The van der Waals surface area contributed by atoms with E-state index in [0.717, 1.165) is 26.2 Å². The molecule has 0 radical (unpaired) electrons. The molecule has 4 amide bonds. The van der Waals surface area contributed by atoms with E-state index >= 15 is 0 Å². The van der Waals surface area contributed by atoms with Gasteiger partial charge < -0.3 is 42.5 Å². The Morgan fingerprint density at radius 3 is 1.18 bits per heavy atom. The highest BCUT2D eigenvalue weighted by molar-refractivity contribution is 9.19. The molecular weight excluding hydrogens is 2020 g/mol. The zero-order chi connectivity index (χ0) is 93.4. The Bertz CT molecular complexity index is 5150. The van der Waals surface area contributed by atoms with Crippen LogP contribution in [0.5, 0.6) is 29.0 Å². The summed E-state index contributed by atoms with van der Waals surface area (Å²) < 4.78 is 48.4. The van der Waals surface area contributed by atoms with Crippen molar-refractivity contribution in [3.05, 3.63) is 123 Å². The third-order valence-electron chi connectivity index (χ3n) is 17.3. The number of halogens is 11. The summed E-state index contributed by atoms with van der Waals surface area (Å²) in [4.78, 5) is 153. The van der Waals surface area contributed by atoms with E-state index in [1.165, 1.54) is 24.3 Å². The number of carbonyl (C=O) groups excluding carboxylic acids is 13. The van der Waals surface area contributed by atoms with Crippen LogP contribution in [0.15, 0.2) is 85.6 Å². The highest BCUT2D eigenvalue weighted by Crippen LogP contribution is 2.42. The van der Waals surface area contributed by atoms with Crippen LogP contribution >= 0.6 is 141 Å². The Hall–Kier alpha value is -8.84. The number of rotatable bonds is 22. The van der Waals surface area contributed by atoms with Crippen molar-refractivity contribution in [2.45, 2.75) is 153 Å². The Morgan fingerprint density at radius 1 is 0.476 bits per heavy atom. The SMILES string of the molecule is C.CC(C)c1cc(Oc2c(Cl)cc(B3OC(C)(C)C(C)(C)O3)cc2Cl)nnc1Cl.CCOC(=O)CBr.CCOC(=O)CN1N=C(Br)C(=O)CC1=O.CCOC(=O)CN1N=C(c2cc(Cl)c(OC3=NCC(=O)C(C(C)C)=C3)c(Cl)c2)C(=O)CC1=O.CCOC(=O)CN1N=C(c2cc(Cl)c(Oc3cc(C(C)C)c(Cl)nn3)c(Cl)c2)C(=O)CC1=O.O=C1CC(=O)C(Br)=NN1. The van der Waals surface area contributed by atoms with Crippen molar-refractivity contribution in [2.75, 3.05) is 57.9 Å². The Kier molecular flexibility index (Phi) is 42.4. The van der Waals surface area contributed by atoms with Crippen molar-refractivity contribution in [1.82, 2.24) is 40.8 Å². The molecule has 0 bridgehead atoms. The number of dihydropyridines is 1. The largest absolute Gasteiger partial charge is 0.494 e. The van der Waals surface area contributed by atoms with Crippen molar-refractivity contribution in [3.63, 3.8) is 0 Å². The van der Waals surface area contributed by atoms with Gasteiger partial charge in [-0.25, -0.2) is 25.4 Å². The maximum atomic E-state index is 12.5. The minimum atomic E-state index is -0.649. The van der Waals surface area contributed by atoms with Gasteiger partial charge in [-0.1, -0.05) is 158 Å². The highest BCUT2D eigenvalue weighted by Gasteiger charge is 2.52. The molecular formula is C79H85BBr3Cl8N13O22. The standard InChI is InChI=1S/C22H21Cl2N3O6.C21H19Cl3N4O5.C19H22BCl3N2O3.C8H9BrN2O4.C4H3BrN2O2.C4H7BrO2.CH4/c1-4-32-20(31)10-27-19(30)8-16(28)21(26-27)12-5-14(23)22(15(24)6-12)33-18-7-13(11(2)3)17(29)9-25-18;1-4-32-18(31)9-28-17(30)8-15(29)19(27-28)11-5-13(22)20(14(23)6-11)33-16-7-12(10(2)3)21(24)26-25-16;1-10(2)12-9-15(24-25-17(12)23)26-16-13(21)7-11(8-14(16)22)20-27-18(3,4)19(5,6)28-20;1-2-15-7(14)4-11-6(13)3-5(12)8(9)10-11;5-4-2(8)1-3(9)6-7-4;1-2-7-4(6)3-5;/h5-7,11H,4,8-10H2,1-3H3;5-7,10H,4,8-9H2,1-3H3;7-10H,1-6H3;2-4H2,1H3;1H2,(H,6,9);2-3H2,1H3;1H4. The van der Waals surface area contributed by atoms with Gasteiger partial charge in [-0.15, -0.1) is 20.4 Å². The van der Waals surface area contributed by atoms with Gasteiger partial charge in [0.25, 0.3) is 17.7 Å². The number of hydrogen-bond acceptors (Lipinski definition) is 31. The first-order valence-corrected chi connectivity index (χ1v) is 43.3. The molecule has 0 spiro atoms. The van der Waals surface area contributed by atoms with Gasteiger partial charge in [-0.2, -0.15) is 20.4 Å². The minimum Gasteiger partial charge on any atom is -0.465 e. The highest BCUT2D eigenvalue weighted by atomic mass is 79.9. The van der Waals surface area contributed by atoms with E-state index < -0.39 is 91.4 Å². The number of aliphatic imine (C=N–C) groups is 1. The average Bonchev–Trinajstić information content (AvgIpc) is 1.60. The second-order valence-corrected chi connectivity index (χ2v) is 33.3. The number of ketones is 5. The third kappa shape index (κ3) is 31.0. The first-order chi connectivity index (χ1) is 58.7. The van der Waals surface area contributed by atoms with E-state index in [0.29, 0.717) is 38.2 Å². The van der Waals surface area contributed by atoms with Crippen LogP contribution in [0.25, 0.3) is 0 Å². The fourth-order valence-corrected chi connectivity index (χ4v) is 13.5. The summed E-state index contributed by atoms with van der Waals surface area (Å²) in [5.41, 5.74) is 4.45. The fraction of sp³-hybridized carbons (Fsp3) is 0.418. The molecule has 0 unspecified atom stereocenters. The van der Waals surface area contributed by atoms with Gasteiger partial charge in [0.2, 0.25) is 23.6 Å². The number of aromatic nitrogens is 4. The third-order valence-corrected chi connectivity index (χ3v) is 21.2. The monoisotopic (exact) mass is 2100 g/mol. The van der Waals surface area contributed by atoms with Gasteiger partial charge >= 0.3 is 31.0 Å². The number of alkyl halides is 1. The second-order valence-electron chi connectivity index (χ2n) is 28.1. The number of nitrogens with zero attached hydrogens (tertiary/aromatic N) is 12. The molecule has 1 saturated heterocycles. The zero-order valence-corrected chi connectivity index (χ0v) is 80.0. The maximum Gasteiger partial charge on any atom is 0.494 e. The van der Waals surface area contributed by atoms with E-state index in [1.54, 1.807) is 58.0 Å². The number of esters is 4. The van der Waals surface area contributed by atoms with Gasteiger partial charge in [-0.3, -0.25) is 62.3 Å². The van der Waals surface area contributed by atoms with Crippen LogP contribution in [0.4, 0.5) is 0 Å². The summed E-state index contributed by atoms with van der Waals surface area (Å²) in [6.07, 6.45) is 0.252. The molecule has 2 aromatic heterocycles. The molecule has 126 heavy (non-hydrogen) atoms. The van der Waals surface area contributed by atoms with Crippen molar-refractivity contribution >= 4 is 256 Å². The Labute approximate surface area is 789 Å². The lowest BCUT2D eigenvalue weighted by molar-refractivity contribution is -0.150. The van der Waals surface area contributed by atoms with Crippen molar-refractivity contribution in [1.29, 1.82) is 0 Å². The first-order valence-electron chi connectivity index (χ1n) is 37.5. The molecule has 0 atom stereocenters. The summed E-state index contributed by atoms with van der Waals surface area (Å²) in [6, 6.07) is 12.5.